The molecule has 13 heteroatoms. The van der Waals surface area contributed by atoms with E-state index in [2.05, 4.69) is 26.1 Å². The van der Waals surface area contributed by atoms with E-state index in [1.54, 1.807) is 17.5 Å². The first-order valence-corrected chi connectivity index (χ1v) is 14.2. The maximum atomic E-state index is 13.7. The molecule has 0 aliphatic carbocycles. The van der Waals surface area contributed by atoms with Crippen LogP contribution in [0.15, 0.2) is 41.3 Å². The Labute approximate surface area is 233 Å². The number of aromatic nitrogens is 2. The first-order chi connectivity index (χ1) is 19.4. The van der Waals surface area contributed by atoms with Crippen LogP contribution in [0.4, 0.5) is 26.0 Å². The maximum absolute atomic E-state index is 13.7. The second-order valence-electron chi connectivity index (χ2n) is 9.66. The second-order valence-corrected chi connectivity index (χ2v) is 11.1. The smallest absolute Gasteiger partial charge is 0.258 e. The van der Waals surface area contributed by atoms with Crippen LogP contribution in [0.3, 0.4) is 0 Å². The molecule has 5 rings (SSSR count). The molecule has 1 atom stereocenters. The molecule has 0 saturated carbocycles. The molecule has 214 valence electrons. The summed E-state index contributed by atoms with van der Waals surface area (Å²) in [4.78, 5) is 13.6. The molecule has 4 N–H and O–H groups in total. The van der Waals surface area contributed by atoms with E-state index in [1.807, 2.05) is 12.1 Å². The molecule has 40 heavy (non-hydrogen) atoms. The lowest BCUT2D eigenvalue weighted by atomic mass is 10.1. The normalized spacial score (nSPS) is 16.8. The number of carbonyl (C=O) groups is 1. The van der Waals surface area contributed by atoms with Gasteiger partial charge in [-0.2, -0.15) is 5.10 Å². The molecule has 1 unspecified atom stereocenters. The van der Waals surface area contributed by atoms with Crippen LogP contribution in [-0.2, 0) is 33.4 Å². The van der Waals surface area contributed by atoms with Gasteiger partial charge in [-0.25, -0.2) is 17.3 Å². The number of carbonyl (C=O) groups excluding carboxylic acids is 1. The molecule has 3 aromatic rings. The molecule has 2 aromatic carbocycles. The van der Waals surface area contributed by atoms with Crippen LogP contribution >= 0.6 is 0 Å². The number of rotatable bonds is 10. The lowest BCUT2D eigenvalue weighted by Gasteiger charge is -2.26. The maximum Gasteiger partial charge on any atom is 0.258 e. The van der Waals surface area contributed by atoms with Crippen LogP contribution < -0.4 is 16.0 Å². The van der Waals surface area contributed by atoms with E-state index < -0.39 is 22.6 Å². The van der Waals surface area contributed by atoms with Crippen LogP contribution in [0.25, 0.3) is 0 Å². The van der Waals surface area contributed by atoms with Gasteiger partial charge in [0.1, 0.15) is 22.6 Å². The Hall–Kier alpha value is -3.39. The third kappa shape index (κ3) is 6.66. The first-order valence-electron chi connectivity index (χ1n) is 13.1. The van der Waals surface area contributed by atoms with Gasteiger partial charge in [-0.05, 0) is 43.2 Å². The third-order valence-electron chi connectivity index (χ3n) is 6.88. The number of nitrogens with zero attached hydrogens (tertiary/aromatic N) is 2. The summed E-state index contributed by atoms with van der Waals surface area (Å²) in [7, 11) is -0.152. The molecule has 1 fully saturated rings. The summed E-state index contributed by atoms with van der Waals surface area (Å²) < 4.78 is 52.7. The number of hydrogen-bond acceptors (Lipinski definition) is 7. The highest BCUT2D eigenvalue weighted by Crippen LogP contribution is 2.29. The number of ether oxygens (including phenoxy) is 2. The Balaban J connectivity index is 1.34. The van der Waals surface area contributed by atoms with Gasteiger partial charge in [-0.15, -0.1) is 0 Å². The number of methoxy groups -OCH3 is 1. The van der Waals surface area contributed by atoms with E-state index in [4.69, 9.17) is 9.47 Å². The lowest BCUT2D eigenvalue weighted by Crippen LogP contribution is -2.32. The molecule has 2 aliphatic rings. The summed E-state index contributed by atoms with van der Waals surface area (Å²) in [5.74, 6) is -1.60. The van der Waals surface area contributed by atoms with Gasteiger partial charge in [0.25, 0.3) is 5.91 Å². The van der Waals surface area contributed by atoms with Crippen LogP contribution in [-0.4, -0.2) is 70.7 Å². The van der Waals surface area contributed by atoms with Crippen molar-refractivity contribution < 1.29 is 27.3 Å². The Morgan fingerprint density at radius 3 is 2.73 bits per heavy atom. The Bertz CT molecular complexity index is 1360. The van der Waals surface area contributed by atoms with E-state index >= 15 is 0 Å². The van der Waals surface area contributed by atoms with Gasteiger partial charge in [-0.3, -0.25) is 9.89 Å². The number of aromatic amines is 1. The summed E-state index contributed by atoms with van der Waals surface area (Å²) in [6, 6.07) is 8.54. The second kappa shape index (κ2) is 12.9. The molecule has 0 spiro atoms. The highest BCUT2D eigenvalue weighted by Gasteiger charge is 2.28. The van der Waals surface area contributed by atoms with Gasteiger partial charge in [0.05, 0.1) is 17.1 Å². The standard InChI is InChI=1S/C27H32F2N6O4S/c1-38-11-7-30-20-2-3-22(25(15-20)31-19-5-9-39-10-6-19)27(36)32-26-23-16-35(8-4-24(23)33-34-26)40(37)21-13-17(28)12-18(29)14-21/h2-3,12-15,19,30-31H,4-11,16H2,1H3,(H2,32,33,34,36). The molecule has 1 saturated heterocycles. The first kappa shape index (κ1) is 28.1. The monoisotopic (exact) mass is 574 g/mol. The van der Waals surface area contributed by atoms with Gasteiger partial charge >= 0.3 is 0 Å². The van der Waals surface area contributed by atoms with Gasteiger partial charge in [0, 0.05) is 81.1 Å². The third-order valence-corrected chi connectivity index (χ3v) is 8.30. The average Bonchev–Trinajstić information content (AvgIpc) is 3.34. The van der Waals surface area contributed by atoms with Crippen LogP contribution in [0.1, 0.15) is 34.5 Å². The van der Waals surface area contributed by atoms with E-state index in [9.17, 15) is 17.8 Å². The fourth-order valence-corrected chi connectivity index (χ4v) is 6.03. The quantitative estimate of drug-likeness (QED) is 0.273. The zero-order chi connectivity index (χ0) is 28.1. The fraction of sp³-hybridized carbons (Fsp3) is 0.407. The van der Waals surface area contributed by atoms with E-state index in [0.29, 0.717) is 62.0 Å². The van der Waals surface area contributed by atoms with Crippen LogP contribution in [0.5, 0.6) is 0 Å². The zero-order valence-corrected chi connectivity index (χ0v) is 22.9. The minimum atomic E-state index is -1.79. The summed E-state index contributed by atoms with van der Waals surface area (Å²) in [5, 5.41) is 17.0. The van der Waals surface area contributed by atoms with Crippen molar-refractivity contribution in [2.45, 2.75) is 36.7 Å². The van der Waals surface area contributed by atoms with E-state index in [1.165, 1.54) is 0 Å². The number of halogens is 2. The minimum absolute atomic E-state index is 0.0399. The predicted octanol–water partition coefficient (Wildman–Crippen LogP) is 3.67. The number of hydrogen-bond donors (Lipinski definition) is 4. The van der Waals surface area contributed by atoms with Gasteiger partial charge in [0.15, 0.2) is 5.82 Å². The van der Waals surface area contributed by atoms with Crippen molar-refractivity contribution in [3.8, 4) is 0 Å². The highest BCUT2D eigenvalue weighted by atomic mass is 32.2. The largest absolute Gasteiger partial charge is 0.383 e. The number of nitrogens with one attached hydrogen (secondary N) is 4. The molecule has 3 heterocycles. The molecule has 1 aromatic heterocycles. The Morgan fingerprint density at radius 2 is 1.98 bits per heavy atom. The molecule has 1 amide bonds. The van der Waals surface area contributed by atoms with Crippen LogP contribution in [0.2, 0.25) is 0 Å². The van der Waals surface area contributed by atoms with Crippen molar-refractivity contribution in [2.24, 2.45) is 0 Å². The minimum Gasteiger partial charge on any atom is -0.383 e. The SMILES string of the molecule is COCCNc1ccc(C(=O)Nc2n[nH]c3c2CN(S(=O)c2cc(F)cc(F)c2)CC3)c(NC2CCOCC2)c1. The number of benzene rings is 2. The topological polar surface area (TPSA) is 121 Å². The number of amides is 1. The van der Waals surface area contributed by atoms with Gasteiger partial charge in [-0.1, -0.05) is 0 Å². The number of fused-ring (bicyclic) bond motifs is 1. The van der Waals surface area contributed by atoms with Crippen molar-refractivity contribution in [1.82, 2.24) is 14.5 Å². The van der Waals surface area contributed by atoms with Gasteiger partial charge < -0.3 is 25.4 Å². The van der Waals surface area contributed by atoms with E-state index in [0.717, 1.165) is 42.4 Å². The van der Waals surface area contributed by atoms with Crippen molar-refractivity contribution in [3.63, 3.8) is 0 Å². The molecule has 0 bridgehead atoms. The summed E-state index contributed by atoms with van der Waals surface area (Å²) >= 11 is 0. The Kier molecular flexibility index (Phi) is 9.04. The predicted molar refractivity (Wildman–Crippen MR) is 148 cm³/mol. The summed E-state index contributed by atoms with van der Waals surface area (Å²) in [6.45, 7) is 3.06. The fourth-order valence-electron chi connectivity index (χ4n) is 4.80. The zero-order valence-electron chi connectivity index (χ0n) is 22.1. The van der Waals surface area contributed by atoms with E-state index in [-0.39, 0.29) is 23.4 Å². The molecule has 10 nitrogen and oxygen atoms in total. The van der Waals surface area contributed by atoms with Crippen LogP contribution in [0, 0.1) is 11.6 Å². The summed E-state index contributed by atoms with van der Waals surface area (Å²) in [5.41, 5.74) is 3.49. The van der Waals surface area contributed by atoms with Crippen molar-refractivity contribution in [3.05, 3.63) is 64.9 Å². The van der Waals surface area contributed by atoms with Crippen molar-refractivity contribution >= 4 is 34.1 Å². The molecule has 2 aliphatic heterocycles. The van der Waals surface area contributed by atoms with Crippen molar-refractivity contribution in [2.75, 3.05) is 56.0 Å². The molecule has 0 radical (unpaired) electrons. The van der Waals surface area contributed by atoms with Gasteiger partial charge in [0.2, 0.25) is 0 Å². The molecular formula is C27H32F2N6O4S. The van der Waals surface area contributed by atoms with Crippen molar-refractivity contribution in [1.29, 1.82) is 0 Å². The summed E-state index contributed by atoms with van der Waals surface area (Å²) in [6.07, 6.45) is 2.15. The highest BCUT2D eigenvalue weighted by molar-refractivity contribution is 7.82. The number of anilines is 3. The Morgan fingerprint density at radius 1 is 1.20 bits per heavy atom. The average molecular weight is 575 g/mol. The molecular weight excluding hydrogens is 542 g/mol. The number of H-pyrrole nitrogens is 1. The lowest BCUT2D eigenvalue weighted by molar-refractivity contribution is 0.0904.